The van der Waals surface area contributed by atoms with Crippen LogP contribution in [0.1, 0.15) is 51.6 Å². The molecule has 0 fully saturated rings. The summed E-state index contributed by atoms with van der Waals surface area (Å²) in [5.41, 5.74) is 1.14. The van der Waals surface area contributed by atoms with Crippen LogP contribution in [0.25, 0.3) is 0 Å². The molecule has 0 unspecified atom stereocenters. The number of isothiocyanates is 1. The number of aliphatic imine (C=N–C) groups is 1. The second-order valence-corrected chi connectivity index (χ2v) is 11.6. The van der Waals surface area contributed by atoms with E-state index in [4.69, 9.17) is 9.47 Å². The normalized spacial score (nSPS) is 11.9. The van der Waals surface area contributed by atoms with Gasteiger partial charge < -0.3 is 29.9 Å². The SMILES string of the molecule is O=C(O)c1cccc(CN(CCO)CCOC[C@@H](CSCCCCCN=C=S)OCCN(CCO)Cc2cccc(C(=O)O)n2)n1. The Kier molecular flexibility index (Phi) is 20.8. The standard InChI is InChI=1S/C31H45N5O8S2/c37-15-11-35(20-25-6-4-8-28(33-25)30(39)40)13-17-43-22-27(23-46-19-3-1-2-10-32-24-45)44-18-14-36(12-16-38)21-26-7-5-9-29(34-26)31(41)42/h4-9,27,37-38H,1-3,10-23H2,(H,39,40)(H,41,42)/t27-/m0/s1. The van der Waals surface area contributed by atoms with Gasteiger partial charge in [-0.3, -0.25) is 9.80 Å². The molecule has 254 valence electrons. The number of carboxylic acid groups (broad SMARTS) is 2. The summed E-state index contributed by atoms with van der Waals surface area (Å²) < 4.78 is 12.2. The number of thioether (sulfide) groups is 1. The maximum absolute atomic E-state index is 11.3. The van der Waals surface area contributed by atoms with Crippen molar-refractivity contribution in [1.29, 1.82) is 0 Å². The fourth-order valence-corrected chi connectivity index (χ4v) is 5.51. The van der Waals surface area contributed by atoms with Crippen molar-refractivity contribution >= 4 is 41.1 Å². The molecule has 0 amide bonds. The molecule has 0 bridgehead atoms. The number of hydrogen-bond donors (Lipinski definition) is 4. The van der Waals surface area contributed by atoms with Crippen molar-refractivity contribution in [3.8, 4) is 0 Å². The third-order valence-electron chi connectivity index (χ3n) is 6.70. The van der Waals surface area contributed by atoms with Crippen LogP contribution < -0.4 is 0 Å². The number of pyridine rings is 2. The number of carbonyl (C=O) groups is 2. The molecule has 0 aromatic carbocycles. The minimum absolute atomic E-state index is 0.0266. The Balaban J connectivity index is 1.89. The summed E-state index contributed by atoms with van der Waals surface area (Å²) >= 11 is 6.39. The molecule has 2 aromatic rings. The van der Waals surface area contributed by atoms with Gasteiger partial charge in [0.25, 0.3) is 0 Å². The quantitative estimate of drug-likeness (QED) is 0.0615. The van der Waals surface area contributed by atoms with Crippen molar-refractivity contribution in [3.63, 3.8) is 0 Å². The highest BCUT2D eigenvalue weighted by Gasteiger charge is 2.15. The van der Waals surface area contributed by atoms with Gasteiger partial charge in [-0.25, -0.2) is 24.5 Å². The van der Waals surface area contributed by atoms with E-state index in [1.165, 1.54) is 12.1 Å². The summed E-state index contributed by atoms with van der Waals surface area (Å²) in [4.78, 5) is 38.8. The zero-order chi connectivity index (χ0) is 33.4. The van der Waals surface area contributed by atoms with Crippen LogP contribution in [0.5, 0.6) is 0 Å². The monoisotopic (exact) mass is 679 g/mol. The van der Waals surface area contributed by atoms with Crippen LogP contribution in [-0.4, -0.2) is 141 Å². The number of rotatable bonds is 27. The fourth-order valence-electron chi connectivity index (χ4n) is 4.39. The van der Waals surface area contributed by atoms with E-state index in [-0.39, 0.29) is 30.7 Å². The first-order chi connectivity index (χ1) is 22.4. The molecule has 2 heterocycles. The number of aliphatic hydroxyl groups excluding tert-OH is 2. The van der Waals surface area contributed by atoms with Gasteiger partial charge in [0.2, 0.25) is 0 Å². The molecule has 0 aliphatic carbocycles. The lowest BCUT2D eigenvalue weighted by Crippen LogP contribution is -2.34. The van der Waals surface area contributed by atoms with Gasteiger partial charge >= 0.3 is 11.9 Å². The molecule has 0 spiro atoms. The first kappa shape index (κ1) is 39.3. The molecule has 2 rings (SSSR count). The van der Waals surface area contributed by atoms with Crippen molar-refractivity contribution in [2.45, 2.75) is 38.5 Å². The molecule has 2 aromatic heterocycles. The predicted molar refractivity (Wildman–Crippen MR) is 179 cm³/mol. The first-order valence-corrected chi connectivity index (χ1v) is 16.8. The molecular formula is C31H45N5O8S2. The van der Waals surface area contributed by atoms with Crippen LogP contribution in [0.2, 0.25) is 0 Å². The smallest absolute Gasteiger partial charge is 0.354 e. The highest BCUT2D eigenvalue weighted by atomic mass is 32.2. The van der Waals surface area contributed by atoms with Crippen molar-refractivity contribution in [1.82, 2.24) is 19.8 Å². The molecule has 0 saturated carbocycles. The lowest BCUT2D eigenvalue weighted by Gasteiger charge is -2.24. The highest BCUT2D eigenvalue weighted by molar-refractivity contribution is 7.99. The number of aromatic nitrogens is 2. The maximum Gasteiger partial charge on any atom is 0.354 e. The van der Waals surface area contributed by atoms with E-state index < -0.39 is 11.9 Å². The second kappa shape index (κ2) is 24.3. The van der Waals surface area contributed by atoms with Gasteiger partial charge in [-0.05, 0) is 55.1 Å². The molecule has 46 heavy (non-hydrogen) atoms. The zero-order valence-electron chi connectivity index (χ0n) is 26.0. The Morgan fingerprint density at radius 1 is 0.870 bits per heavy atom. The van der Waals surface area contributed by atoms with Crippen LogP contribution in [-0.2, 0) is 22.6 Å². The fraction of sp³-hybridized carbons (Fsp3) is 0.581. The number of aromatic carboxylic acids is 2. The predicted octanol–water partition coefficient (Wildman–Crippen LogP) is 2.57. The van der Waals surface area contributed by atoms with E-state index in [0.717, 1.165) is 30.8 Å². The minimum atomic E-state index is -1.09. The number of ether oxygens (including phenoxy) is 2. The van der Waals surface area contributed by atoms with E-state index in [2.05, 4.69) is 32.3 Å². The Labute approximate surface area is 279 Å². The lowest BCUT2D eigenvalue weighted by molar-refractivity contribution is -0.0175. The third kappa shape index (κ3) is 17.2. The first-order valence-electron chi connectivity index (χ1n) is 15.2. The van der Waals surface area contributed by atoms with Crippen molar-refractivity contribution in [2.75, 3.05) is 77.3 Å². The maximum atomic E-state index is 11.3. The molecule has 0 radical (unpaired) electrons. The van der Waals surface area contributed by atoms with Gasteiger partial charge in [0.05, 0.1) is 55.7 Å². The van der Waals surface area contributed by atoms with Crippen LogP contribution >= 0.6 is 24.0 Å². The second-order valence-electron chi connectivity index (χ2n) is 10.3. The molecular weight excluding hydrogens is 635 g/mol. The van der Waals surface area contributed by atoms with E-state index in [9.17, 15) is 30.0 Å². The largest absolute Gasteiger partial charge is 0.477 e. The number of carboxylic acids is 2. The van der Waals surface area contributed by atoms with Crippen molar-refractivity contribution < 1.29 is 39.5 Å². The van der Waals surface area contributed by atoms with Gasteiger partial charge in [-0.1, -0.05) is 18.6 Å². The summed E-state index contributed by atoms with van der Waals surface area (Å²) in [5, 5.41) is 40.0. The summed E-state index contributed by atoms with van der Waals surface area (Å²) in [5.74, 6) is -0.486. The van der Waals surface area contributed by atoms with Crippen LogP contribution in [0, 0.1) is 0 Å². The Bertz CT molecular complexity index is 1220. The molecule has 15 heteroatoms. The number of hydrogen-bond acceptors (Lipinski definition) is 13. The van der Waals surface area contributed by atoms with Gasteiger partial charge in [0.15, 0.2) is 0 Å². The highest BCUT2D eigenvalue weighted by Crippen LogP contribution is 2.12. The van der Waals surface area contributed by atoms with E-state index in [0.29, 0.717) is 77.0 Å². The molecule has 0 saturated heterocycles. The number of unbranched alkanes of at least 4 members (excludes halogenated alkanes) is 2. The van der Waals surface area contributed by atoms with Gasteiger partial charge in [-0.2, -0.15) is 11.8 Å². The molecule has 0 aliphatic heterocycles. The van der Waals surface area contributed by atoms with Gasteiger partial charge in [-0.15, -0.1) is 0 Å². The van der Waals surface area contributed by atoms with Gasteiger partial charge in [0.1, 0.15) is 11.4 Å². The van der Waals surface area contributed by atoms with Crippen LogP contribution in [0.3, 0.4) is 0 Å². The molecule has 13 nitrogen and oxygen atoms in total. The summed E-state index contributed by atoms with van der Waals surface area (Å²) in [7, 11) is 0. The molecule has 0 aliphatic rings. The zero-order valence-corrected chi connectivity index (χ0v) is 27.7. The number of aliphatic hydroxyl groups is 2. The van der Waals surface area contributed by atoms with E-state index in [1.54, 1.807) is 36.0 Å². The summed E-state index contributed by atoms with van der Waals surface area (Å²) in [6.45, 7) is 4.24. The Morgan fingerprint density at radius 3 is 2.00 bits per heavy atom. The lowest BCUT2D eigenvalue weighted by atomic mass is 10.2. The minimum Gasteiger partial charge on any atom is -0.477 e. The summed E-state index contributed by atoms with van der Waals surface area (Å²) in [6, 6.07) is 9.69. The number of nitrogens with zero attached hydrogens (tertiary/aromatic N) is 5. The van der Waals surface area contributed by atoms with Gasteiger partial charge in [0, 0.05) is 51.6 Å². The summed E-state index contributed by atoms with van der Waals surface area (Å²) in [6.07, 6.45) is 2.88. The third-order valence-corrected chi connectivity index (χ3v) is 8.01. The average molecular weight is 680 g/mol. The molecule has 1 atom stereocenters. The Hall–Kier alpha value is -2.85. The van der Waals surface area contributed by atoms with Crippen LogP contribution in [0.4, 0.5) is 0 Å². The van der Waals surface area contributed by atoms with Crippen molar-refractivity contribution in [2.24, 2.45) is 4.99 Å². The van der Waals surface area contributed by atoms with E-state index >= 15 is 0 Å². The average Bonchev–Trinajstić information content (AvgIpc) is 3.04. The van der Waals surface area contributed by atoms with Crippen molar-refractivity contribution in [3.05, 3.63) is 59.2 Å². The topological polar surface area (TPSA) is 178 Å². The Morgan fingerprint density at radius 2 is 1.46 bits per heavy atom. The van der Waals surface area contributed by atoms with Crippen LogP contribution in [0.15, 0.2) is 41.4 Å². The van der Waals surface area contributed by atoms with E-state index in [1.807, 2.05) is 9.80 Å². The number of thiocarbonyl (C=S) groups is 1. The molecule has 4 N–H and O–H groups in total.